The maximum Gasteiger partial charge on any atom is 0.269 e. The average molecular weight is 366 g/mol. The van der Waals surface area contributed by atoms with Gasteiger partial charge in [0.25, 0.3) is 5.91 Å². The minimum absolute atomic E-state index is 0.246. The molecule has 6 heteroatoms. The lowest BCUT2D eigenvalue weighted by atomic mass is 10.0. The number of hydrogen-bond donors (Lipinski definition) is 2. The maximum atomic E-state index is 12.3. The molecule has 0 aliphatic heterocycles. The normalized spacial score (nSPS) is 11.6. The molecule has 0 radical (unpaired) electrons. The Hall–Kier alpha value is -2.86. The number of ether oxygens (including phenoxy) is 1. The van der Waals surface area contributed by atoms with Crippen LogP contribution in [0.1, 0.15) is 44.5 Å². The zero-order valence-electron chi connectivity index (χ0n) is 16.2. The van der Waals surface area contributed by atoms with E-state index < -0.39 is 0 Å². The fourth-order valence-corrected chi connectivity index (χ4v) is 2.86. The van der Waals surface area contributed by atoms with Crippen molar-refractivity contribution in [2.75, 3.05) is 6.61 Å². The molecule has 1 amide bonds. The molecule has 0 spiro atoms. The van der Waals surface area contributed by atoms with E-state index in [0.29, 0.717) is 17.9 Å². The van der Waals surface area contributed by atoms with Gasteiger partial charge in [0.15, 0.2) is 0 Å². The zero-order chi connectivity index (χ0) is 19.6. The lowest BCUT2D eigenvalue weighted by Gasteiger charge is -2.18. The van der Waals surface area contributed by atoms with Gasteiger partial charge in [-0.2, -0.15) is 5.10 Å². The molecule has 0 atom stereocenters. The van der Waals surface area contributed by atoms with Crippen molar-refractivity contribution in [2.24, 2.45) is 5.84 Å². The Labute approximate surface area is 159 Å². The Bertz CT molecular complexity index is 970. The predicted octanol–water partition coefficient (Wildman–Crippen LogP) is 3.85. The number of nitrogens with zero attached hydrogens (tertiary/aromatic N) is 2. The summed E-state index contributed by atoms with van der Waals surface area (Å²) in [5.41, 5.74) is 3.90. The van der Waals surface area contributed by atoms with Crippen molar-refractivity contribution < 1.29 is 9.53 Å². The number of carbonyl (C=O) groups is 1. The number of aromatic nitrogens is 2. The van der Waals surface area contributed by atoms with Crippen molar-refractivity contribution in [3.8, 4) is 17.0 Å². The average Bonchev–Trinajstić information content (AvgIpc) is 3.11. The third-order valence-electron chi connectivity index (χ3n) is 4.34. The molecule has 27 heavy (non-hydrogen) atoms. The fraction of sp³-hybridized carbons (Fsp3) is 0.333. The molecule has 0 aliphatic rings. The monoisotopic (exact) mass is 366 g/mol. The highest BCUT2D eigenvalue weighted by molar-refractivity contribution is 6.00. The Morgan fingerprint density at radius 3 is 2.56 bits per heavy atom. The number of benzene rings is 2. The summed E-state index contributed by atoms with van der Waals surface area (Å²) < 4.78 is 7.49. The van der Waals surface area contributed by atoms with Crippen LogP contribution in [0.4, 0.5) is 0 Å². The summed E-state index contributed by atoms with van der Waals surface area (Å²) in [6.45, 7) is 8.88. The number of amides is 1. The molecule has 0 bridgehead atoms. The molecule has 2 aromatic carbocycles. The van der Waals surface area contributed by atoms with Gasteiger partial charge in [-0.05, 0) is 56.2 Å². The zero-order valence-corrected chi connectivity index (χ0v) is 16.2. The van der Waals surface area contributed by atoms with Gasteiger partial charge in [-0.15, -0.1) is 0 Å². The first-order valence-corrected chi connectivity index (χ1v) is 9.11. The molecule has 0 saturated heterocycles. The summed E-state index contributed by atoms with van der Waals surface area (Å²) in [6.07, 6.45) is 2.71. The molecular formula is C21H26N4O2. The topological polar surface area (TPSA) is 82.2 Å². The van der Waals surface area contributed by atoms with E-state index in [4.69, 9.17) is 10.6 Å². The molecule has 3 rings (SSSR count). The minimum Gasteiger partial charge on any atom is -0.494 e. The van der Waals surface area contributed by atoms with Crippen molar-refractivity contribution in [2.45, 2.75) is 39.7 Å². The van der Waals surface area contributed by atoms with Gasteiger partial charge in [-0.3, -0.25) is 14.9 Å². The largest absolute Gasteiger partial charge is 0.494 e. The van der Waals surface area contributed by atoms with Crippen molar-refractivity contribution in [3.05, 3.63) is 48.2 Å². The van der Waals surface area contributed by atoms with E-state index in [0.717, 1.165) is 28.5 Å². The van der Waals surface area contributed by atoms with E-state index in [1.165, 1.54) is 0 Å². The van der Waals surface area contributed by atoms with Crippen LogP contribution in [0.25, 0.3) is 22.0 Å². The standard InChI is InChI=1S/C21H26N4O2/c1-5-10-27-17-9-8-14-11-16(7-6-15(14)12-17)19-18(20(26)23-22)13-25(24-19)21(2,3)4/h6-9,11-13H,5,10,22H2,1-4H3,(H,23,26). The highest BCUT2D eigenvalue weighted by Crippen LogP contribution is 2.29. The van der Waals surface area contributed by atoms with E-state index in [2.05, 4.69) is 17.4 Å². The SMILES string of the molecule is CCCOc1ccc2cc(-c3nn(C(C)(C)C)cc3C(=O)NN)ccc2c1. The van der Waals surface area contributed by atoms with Crippen LogP contribution in [-0.2, 0) is 5.54 Å². The number of rotatable bonds is 5. The predicted molar refractivity (Wildman–Crippen MR) is 108 cm³/mol. The van der Waals surface area contributed by atoms with Crippen LogP contribution in [0.3, 0.4) is 0 Å². The van der Waals surface area contributed by atoms with Gasteiger partial charge >= 0.3 is 0 Å². The van der Waals surface area contributed by atoms with E-state index in [1.807, 2.05) is 57.2 Å². The highest BCUT2D eigenvalue weighted by atomic mass is 16.5. The highest BCUT2D eigenvalue weighted by Gasteiger charge is 2.22. The van der Waals surface area contributed by atoms with Gasteiger partial charge in [0, 0.05) is 11.8 Å². The second-order valence-corrected chi connectivity index (χ2v) is 7.55. The summed E-state index contributed by atoms with van der Waals surface area (Å²) in [6, 6.07) is 12.0. The first-order chi connectivity index (χ1) is 12.8. The van der Waals surface area contributed by atoms with E-state index in [-0.39, 0.29) is 11.4 Å². The molecule has 0 unspecified atom stereocenters. The smallest absolute Gasteiger partial charge is 0.269 e. The molecular weight excluding hydrogens is 340 g/mol. The summed E-state index contributed by atoms with van der Waals surface area (Å²) in [7, 11) is 0. The molecule has 6 nitrogen and oxygen atoms in total. The molecule has 1 aromatic heterocycles. The number of carbonyl (C=O) groups excluding carboxylic acids is 1. The van der Waals surface area contributed by atoms with Gasteiger partial charge in [0.05, 0.1) is 17.7 Å². The summed E-state index contributed by atoms with van der Waals surface area (Å²) >= 11 is 0. The van der Waals surface area contributed by atoms with Gasteiger partial charge in [-0.25, -0.2) is 5.84 Å². The number of fused-ring (bicyclic) bond motifs is 1. The lowest BCUT2D eigenvalue weighted by molar-refractivity contribution is 0.0954. The van der Waals surface area contributed by atoms with Crippen molar-refractivity contribution >= 4 is 16.7 Å². The van der Waals surface area contributed by atoms with Crippen LogP contribution >= 0.6 is 0 Å². The van der Waals surface area contributed by atoms with Crippen LogP contribution in [0.5, 0.6) is 5.75 Å². The van der Waals surface area contributed by atoms with E-state index in [1.54, 1.807) is 10.9 Å². The summed E-state index contributed by atoms with van der Waals surface area (Å²) in [5.74, 6) is 5.87. The van der Waals surface area contributed by atoms with Crippen molar-refractivity contribution in [1.82, 2.24) is 15.2 Å². The van der Waals surface area contributed by atoms with Gasteiger partial charge in [0.1, 0.15) is 11.4 Å². The Morgan fingerprint density at radius 1 is 1.19 bits per heavy atom. The molecule has 142 valence electrons. The molecule has 3 N–H and O–H groups in total. The number of hydrogen-bond acceptors (Lipinski definition) is 4. The quantitative estimate of drug-likeness (QED) is 0.408. The molecule has 1 heterocycles. The molecule has 0 fully saturated rings. The third kappa shape index (κ3) is 3.95. The second-order valence-electron chi connectivity index (χ2n) is 7.55. The second kappa shape index (κ2) is 7.40. The number of hydrazine groups is 1. The lowest BCUT2D eigenvalue weighted by Crippen LogP contribution is -2.30. The van der Waals surface area contributed by atoms with Crippen LogP contribution in [-0.4, -0.2) is 22.3 Å². The van der Waals surface area contributed by atoms with Crippen LogP contribution in [0, 0.1) is 0 Å². The van der Waals surface area contributed by atoms with Crippen LogP contribution in [0.15, 0.2) is 42.6 Å². The number of nitrogen functional groups attached to an aromatic ring is 1. The molecule has 0 aliphatic carbocycles. The van der Waals surface area contributed by atoms with Crippen molar-refractivity contribution in [1.29, 1.82) is 0 Å². The number of nitrogens with two attached hydrogens (primary N) is 1. The number of nitrogens with one attached hydrogen (secondary N) is 1. The molecule has 3 aromatic rings. The van der Waals surface area contributed by atoms with Crippen LogP contribution < -0.4 is 16.0 Å². The van der Waals surface area contributed by atoms with E-state index in [9.17, 15) is 4.79 Å². The van der Waals surface area contributed by atoms with E-state index >= 15 is 0 Å². The van der Waals surface area contributed by atoms with Gasteiger partial charge in [0.2, 0.25) is 0 Å². The maximum absolute atomic E-state index is 12.3. The van der Waals surface area contributed by atoms with Crippen molar-refractivity contribution in [3.63, 3.8) is 0 Å². The molecule has 0 saturated carbocycles. The van der Waals surface area contributed by atoms with Crippen LogP contribution in [0.2, 0.25) is 0 Å². The minimum atomic E-state index is -0.357. The fourth-order valence-electron chi connectivity index (χ4n) is 2.86. The van der Waals surface area contributed by atoms with Gasteiger partial charge in [-0.1, -0.05) is 25.1 Å². The Morgan fingerprint density at radius 2 is 1.89 bits per heavy atom. The first-order valence-electron chi connectivity index (χ1n) is 9.11. The summed E-state index contributed by atoms with van der Waals surface area (Å²) in [4.78, 5) is 12.3. The Kier molecular flexibility index (Phi) is 5.19. The third-order valence-corrected chi connectivity index (χ3v) is 4.34. The summed E-state index contributed by atoms with van der Waals surface area (Å²) in [5, 5.41) is 6.79. The Balaban J connectivity index is 2.06. The first kappa shape index (κ1) is 18.9. The van der Waals surface area contributed by atoms with Gasteiger partial charge < -0.3 is 4.74 Å².